The first-order chi connectivity index (χ1) is 9.56. The summed E-state index contributed by atoms with van der Waals surface area (Å²) in [7, 11) is 0. The van der Waals surface area contributed by atoms with Crippen LogP contribution in [0.15, 0.2) is 28.7 Å². The van der Waals surface area contributed by atoms with Crippen molar-refractivity contribution in [2.24, 2.45) is 0 Å². The van der Waals surface area contributed by atoms with Gasteiger partial charge in [-0.1, -0.05) is 6.07 Å². The lowest BCUT2D eigenvalue weighted by Gasteiger charge is -2.07. The topological polar surface area (TPSA) is 29.9 Å². The lowest BCUT2D eigenvalue weighted by atomic mass is 10.2. The largest absolute Gasteiger partial charge is 0.313 e. The maximum Gasteiger partial charge on any atom is 0.137 e. The quantitative estimate of drug-likeness (QED) is 0.815. The van der Waals surface area contributed by atoms with Crippen molar-refractivity contribution in [2.45, 2.75) is 33.4 Å². The molecule has 1 aromatic heterocycles. The van der Waals surface area contributed by atoms with E-state index < -0.39 is 0 Å². The number of halogens is 2. The van der Waals surface area contributed by atoms with Crippen LogP contribution >= 0.6 is 15.9 Å². The molecule has 0 aliphatic heterocycles. The summed E-state index contributed by atoms with van der Waals surface area (Å²) in [6.07, 6.45) is 1.00. The van der Waals surface area contributed by atoms with Crippen molar-refractivity contribution in [3.8, 4) is 0 Å². The summed E-state index contributed by atoms with van der Waals surface area (Å²) in [5, 5.41) is 7.74. The zero-order chi connectivity index (χ0) is 14.5. The Morgan fingerprint density at radius 2 is 2.10 bits per heavy atom. The maximum absolute atomic E-state index is 13.3. The van der Waals surface area contributed by atoms with Crippen molar-refractivity contribution < 1.29 is 4.39 Å². The van der Waals surface area contributed by atoms with Crippen LogP contribution in [0.2, 0.25) is 0 Å². The van der Waals surface area contributed by atoms with E-state index in [9.17, 15) is 4.39 Å². The summed E-state index contributed by atoms with van der Waals surface area (Å²) in [5.74, 6) is -0.216. The molecule has 0 unspecified atom stereocenters. The third-order valence-corrected chi connectivity index (χ3v) is 3.78. The van der Waals surface area contributed by atoms with Crippen LogP contribution in [0, 0.1) is 19.7 Å². The Balaban J connectivity index is 1.71. The van der Waals surface area contributed by atoms with Crippen LogP contribution in [0.25, 0.3) is 0 Å². The van der Waals surface area contributed by atoms with Gasteiger partial charge in [-0.25, -0.2) is 4.39 Å². The number of aryl methyl sites for hydroxylation is 3. The second-order valence-corrected chi connectivity index (χ2v) is 5.78. The molecule has 0 spiro atoms. The van der Waals surface area contributed by atoms with Gasteiger partial charge in [0, 0.05) is 18.8 Å². The van der Waals surface area contributed by atoms with Crippen LogP contribution in [0.4, 0.5) is 4.39 Å². The molecule has 0 amide bonds. The first-order valence-corrected chi connectivity index (χ1v) is 7.51. The number of aromatic nitrogens is 2. The van der Waals surface area contributed by atoms with E-state index >= 15 is 0 Å². The Labute approximate surface area is 127 Å². The highest BCUT2D eigenvalue weighted by Crippen LogP contribution is 2.16. The minimum atomic E-state index is -0.216. The fourth-order valence-corrected chi connectivity index (χ4v) is 2.38. The van der Waals surface area contributed by atoms with Gasteiger partial charge < -0.3 is 5.32 Å². The fourth-order valence-electron chi connectivity index (χ4n) is 2.14. The van der Waals surface area contributed by atoms with Gasteiger partial charge in [-0.2, -0.15) is 5.10 Å². The summed E-state index contributed by atoms with van der Waals surface area (Å²) >= 11 is 3.15. The first-order valence-electron chi connectivity index (χ1n) is 6.72. The molecule has 2 aromatic rings. The molecule has 0 saturated carbocycles. The first kappa shape index (κ1) is 15.2. The second kappa shape index (κ2) is 6.99. The van der Waals surface area contributed by atoms with Crippen LogP contribution < -0.4 is 5.32 Å². The van der Waals surface area contributed by atoms with Crippen molar-refractivity contribution in [1.82, 2.24) is 15.1 Å². The van der Waals surface area contributed by atoms with E-state index in [0.29, 0.717) is 11.0 Å². The number of benzene rings is 1. The molecule has 0 radical (unpaired) electrons. The molecular weight excluding hydrogens is 321 g/mol. The van der Waals surface area contributed by atoms with Crippen molar-refractivity contribution in [3.63, 3.8) is 0 Å². The number of nitrogens with one attached hydrogen (secondary N) is 1. The van der Waals surface area contributed by atoms with Crippen LogP contribution in [0.3, 0.4) is 0 Å². The lowest BCUT2D eigenvalue weighted by Crippen LogP contribution is -2.17. The molecule has 0 atom stereocenters. The van der Waals surface area contributed by atoms with Gasteiger partial charge in [0.2, 0.25) is 0 Å². The van der Waals surface area contributed by atoms with Gasteiger partial charge in [-0.15, -0.1) is 0 Å². The number of hydrogen-bond acceptors (Lipinski definition) is 2. The van der Waals surface area contributed by atoms with Gasteiger partial charge in [0.1, 0.15) is 5.82 Å². The molecule has 0 aliphatic rings. The van der Waals surface area contributed by atoms with Crippen molar-refractivity contribution >= 4 is 15.9 Å². The van der Waals surface area contributed by atoms with Crippen molar-refractivity contribution in [3.05, 3.63) is 51.5 Å². The highest BCUT2D eigenvalue weighted by atomic mass is 79.9. The Bertz CT molecular complexity index is 580. The number of hydrogen-bond donors (Lipinski definition) is 1. The highest BCUT2D eigenvalue weighted by molar-refractivity contribution is 9.10. The van der Waals surface area contributed by atoms with Gasteiger partial charge in [-0.05, 0) is 66.5 Å². The molecule has 1 aromatic carbocycles. The van der Waals surface area contributed by atoms with Gasteiger partial charge in [0.25, 0.3) is 0 Å². The summed E-state index contributed by atoms with van der Waals surface area (Å²) in [5.41, 5.74) is 3.20. The molecule has 0 fully saturated rings. The standard InChI is InChI=1S/C15H19BrFN3/c1-11-8-12(2)20(19-11)7-3-6-18-10-13-4-5-14(16)15(17)9-13/h4-5,8-9,18H,3,6-7,10H2,1-2H3. The SMILES string of the molecule is Cc1cc(C)n(CCCNCc2ccc(Br)c(F)c2)n1. The van der Waals surface area contributed by atoms with E-state index in [2.05, 4.69) is 39.3 Å². The molecular formula is C15H19BrFN3. The molecule has 3 nitrogen and oxygen atoms in total. The molecule has 0 aliphatic carbocycles. The zero-order valence-corrected chi connectivity index (χ0v) is 13.4. The van der Waals surface area contributed by atoms with Crippen LogP contribution in [0.5, 0.6) is 0 Å². The minimum Gasteiger partial charge on any atom is -0.313 e. The van der Waals surface area contributed by atoms with Crippen molar-refractivity contribution in [2.75, 3.05) is 6.54 Å². The Hall–Kier alpha value is -1.20. The second-order valence-electron chi connectivity index (χ2n) is 4.93. The summed E-state index contributed by atoms with van der Waals surface area (Å²) in [6, 6.07) is 7.29. The molecule has 0 bridgehead atoms. The van der Waals surface area contributed by atoms with Gasteiger partial charge in [-0.3, -0.25) is 4.68 Å². The minimum absolute atomic E-state index is 0.216. The lowest BCUT2D eigenvalue weighted by molar-refractivity contribution is 0.531. The summed E-state index contributed by atoms with van der Waals surface area (Å²) in [4.78, 5) is 0. The van der Waals surface area contributed by atoms with Crippen molar-refractivity contribution in [1.29, 1.82) is 0 Å². The highest BCUT2D eigenvalue weighted by Gasteiger charge is 2.01. The normalized spacial score (nSPS) is 11.0. The van der Waals surface area contributed by atoms with E-state index in [1.54, 1.807) is 12.1 Å². The molecule has 1 N–H and O–H groups in total. The van der Waals surface area contributed by atoms with E-state index in [1.807, 2.05) is 17.7 Å². The Kier molecular flexibility index (Phi) is 5.31. The third-order valence-electron chi connectivity index (χ3n) is 3.14. The van der Waals surface area contributed by atoms with Gasteiger partial charge >= 0.3 is 0 Å². The average molecular weight is 340 g/mol. The predicted molar refractivity (Wildman–Crippen MR) is 82.1 cm³/mol. The maximum atomic E-state index is 13.3. The summed E-state index contributed by atoms with van der Waals surface area (Å²) < 4.78 is 15.9. The molecule has 5 heteroatoms. The predicted octanol–water partition coefficient (Wildman–Crippen LogP) is 3.58. The summed E-state index contributed by atoms with van der Waals surface area (Å²) in [6.45, 7) is 6.54. The van der Waals surface area contributed by atoms with E-state index in [4.69, 9.17) is 0 Å². The molecule has 2 rings (SSSR count). The van der Waals surface area contributed by atoms with E-state index in [-0.39, 0.29) is 5.82 Å². The monoisotopic (exact) mass is 339 g/mol. The van der Waals surface area contributed by atoms with Crippen LogP contribution in [-0.2, 0) is 13.1 Å². The number of rotatable bonds is 6. The third kappa shape index (κ3) is 4.15. The van der Waals surface area contributed by atoms with Gasteiger partial charge in [0.15, 0.2) is 0 Å². The van der Waals surface area contributed by atoms with E-state index in [0.717, 1.165) is 30.8 Å². The zero-order valence-electron chi connectivity index (χ0n) is 11.8. The Morgan fingerprint density at radius 3 is 2.75 bits per heavy atom. The number of nitrogens with zero attached hydrogens (tertiary/aromatic N) is 2. The smallest absolute Gasteiger partial charge is 0.137 e. The average Bonchev–Trinajstić information content (AvgIpc) is 2.72. The van der Waals surface area contributed by atoms with Crippen LogP contribution in [-0.4, -0.2) is 16.3 Å². The fraction of sp³-hybridized carbons (Fsp3) is 0.400. The molecule has 108 valence electrons. The molecule has 0 saturated heterocycles. The van der Waals surface area contributed by atoms with E-state index in [1.165, 1.54) is 5.69 Å². The molecule has 20 heavy (non-hydrogen) atoms. The molecule has 1 heterocycles. The van der Waals surface area contributed by atoms with Crippen LogP contribution in [0.1, 0.15) is 23.4 Å². The van der Waals surface area contributed by atoms with Gasteiger partial charge in [0.05, 0.1) is 10.2 Å². The Morgan fingerprint density at radius 1 is 1.30 bits per heavy atom.